The number of rotatable bonds is 24. The molecule has 252 valence electrons. The van der Waals surface area contributed by atoms with Gasteiger partial charge in [0.2, 0.25) is 0 Å². The molecule has 0 saturated heterocycles. The molecule has 0 aliphatic rings. The molecule has 20 heteroatoms. The minimum absolute atomic E-state index is 0.260. The summed E-state index contributed by atoms with van der Waals surface area (Å²) in [6, 6.07) is 7.54. The average Bonchev–Trinajstić information content (AvgIpc) is 3.01. The van der Waals surface area contributed by atoms with Crippen LogP contribution in [-0.2, 0) is 9.59 Å². The van der Waals surface area contributed by atoms with E-state index in [9.17, 15) is 29.7 Å². The number of hydrogen-bond donors (Lipinski definition) is 6. The van der Waals surface area contributed by atoms with Crippen LogP contribution >= 0.6 is 11.8 Å². The third-order valence-corrected chi connectivity index (χ3v) is 8.03. The molecule has 7 N–H and O–H groups in total. The van der Waals surface area contributed by atoms with Gasteiger partial charge in [0.15, 0.2) is 5.96 Å². The zero-order chi connectivity index (χ0) is 35.0. The van der Waals surface area contributed by atoms with Crippen molar-refractivity contribution in [2.24, 2.45) is 20.4 Å². The lowest BCUT2D eigenvalue weighted by Gasteiger charge is -2.36. The van der Waals surface area contributed by atoms with Crippen molar-refractivity contribution < 1.29 is 29.7 Å². The highest BCUT2D eigenvalue weighted by atomic mass is 32.2. The molecule has 0 atom stereocenters. The lowest BCUT2D eigenvalue weighted by Crippen LogP contribution is -2.55. The Kier molecular flexibility index (Phi) is 22.9. The molecule has 1 rings (SSSR count). The van der Waals surface area contributed by atoms with Crippen molar-refractivity contribution in [2.75, 3.05) is 18.8 Å². The molecule has 0 amide bonds. The van der Waals surface area contributed by atoms with Crippen LogP contribution in [0.1, 0.15) is 63.4 Å². The van der Waals surface area contributed by atoms with E-state index in [4.69, 9.17) is 5.73 Å². The molecule has 0 fully saturated rings. The van der Waals surface area contributed by atoms with Crippen LogP contribution in [0, 0.1) is 0 Å². The number of carbonyl (C=O) groups excluding carboxylic acids is 2. The zero-order valence-corrected chi connectivity index (χ0v) is 29.1. The lowest BCUT2D eigenvalue weighted by atomic mass is 9.81. The summed E-state index contributed by atoms with van der Waals surface area (Å²) in [6.45, 7) is 7.44. The second kappa shape index (κ2) is 25.4. The third-order valence-electron chi connectivity index (χ3n) is 6.93. The summed E-state index contributed by atoms with van der Waals surface area (Å²) in [4.78, 5) is 38.4. The maximum Gasteiger partial charge on any atom is 0.429 e. The van der Waals surface area contributed by atoms with Crippen LogP contribution in [0.15, 0.2) is 43.9 Å². The minimum atomic E-state index is -0.897. The van der Waals surface area contributed by atoms with Gasteiger partial charge in [-0.3, -0.25) is 4.90 Å². The van der Waals surface area contributed by atoms with Gasteiger partial charge >= 0.3 is 43.0 Å². The standard InChI is InChI=1S/C27H49B6N7O6S/c1-30(43)37-25(38-31(2)44)13-10-8-6-5-7-9-11-18-39(32(3)45)27(36-29-22-42)40(33(4)46)19-12-20-47-24-16-14-23(15-17-24)26(34)35-28-21-41/h14-17,21-22,43-46H,5-13,18-20H2,1-4H3,(H2,34,35)(H,37,38). The first kappa shape index (κ1) is 42.4. The highest BCUT2D eigenvalue weighted by Crippen LogP contribution is 2.20. The Morgan fingerprint density at radius 1 is 0.830 bits per heavy atom. The molecule has 0 heterocycles. The molecule has 0 aliphatic heterocycles. The Labute approximate surface area is 287 Å². The molecule has 0 unspecified atom stereocenters. The van der Waals surface area contributed by atoms with Crippen LogP contribution in [0.5, 0.6) is 0 Å². The fraction of sp³-hybridized carbons (Fsp3) is 0.593. The van der Waals surface area contributed by atoms with Crippen molar-refractivity contribution in [3.05, 3.63) is 29.8 Å². The van der Waals surface area contributed by atoms with Gasteiger partial charge in [-0.05, 0) is 64.4 Å². The van der Waals surface area contributed by atoms with E-state index in [1.165, 1.54) is 0 Å². The van der Waals surface area contributed by atoms with E-state index < -0.39 is 28.2 Å². The molecule has 47 heavy (non-hydrogen) atoms. The van der Waals surface area contributed by atoms with Crippen molar-refractivity contribution in [3.63, 3.8) is 0 Å². The predicted octanol–water partition coefficient (Wildman–Crippen LogP) is 1.00. The summed E-state index contributed by atoms with van der Waals surface area (Å²) in [6.07, 6.45) is 9.31. The number of carbonyl (C=O) groups is 2. The Morgan fingerprint density at radius 2 is 1.36 bits per heavy atom. The molecule has 0 aliphatic carbocycles. The lowest BCUT2D eigenvalue weighted by molar-refractivity contribution is 0.399. The van der Waals surface area contributed by atoms with Crippen molar-refractivity contribution in [3.8, 4) is 0 Å². The van der Waals surface area contributed by atoms with E-state index in [1.807, 2.05) is 24.3 Å². The molecule has 1 aromatic rings. The van der Waals surface area contributed by atoms with Gasteiger partial charge in [-0.2, -0.15) is 0 Å². The van der Waals surface area contributed by atoms with E-state index >= 15 is 0 Å². The number of amidine groups is 2. The van der Waals surface area contributed by atoms with Crippen molar-refractivity contribution in [1.29, 1.82) is 0 Å². The number of nitrogens with zero attached hydrogens (tertiary/aromatic N) is 5. The average molecular weight is 665 g/mol. The number of nitrogens with one attached hydrogen (secondary N) is 1. The SMILES string of the molecule is CB(O)N=C(CCCCCCCCCN(B(C)O)C(=N[B]C=O)N(CCCSc1ccc(C(N)=N[B]C=O)cc1)B(C)O)NB(C)O. The number of thioether (sulfide) groups is 1. The summed E-state index contributed by atoms with van der Waals surface area (Å²) in [5, 5.41) is 43.2. The summed E-state index contributed by atoms with van der Waals surface area (Å²) in [7, 11) is -1.08. The Hall–Kier alpha value is -2.65. The zero-order valence-electron chi connectivity index (χ0n) is 28.2. The van der Waals surface area contributed by atoms with Gasteiger partial charge in [-0.1, -0.05) is 44.2 Å². The van der Waals surface area contributed by atoms with Gasteiger partial charge in [0.1, 0.15) is 18.2 Å². The maximum atomic E-state index is 11.2. The fourth-order valence-electron chi connectivity index (χ4n) is 4.75. The van der Waals surface area contributed by atoms with E-state index in [0.29, 0.717) is 50.1 Å². The number of guanidine groups is 1. The summed E-state index contributed by atoms with van der Waals surface area (Å²) in [5.74, 6) is 1.96. The van der Waals surface area contributed by atoms with Crippen LogP contribution in [0.3, 0.4) is 0 Å². The normalized spacial score (nSPS) is 11.9. The highest BCUT2D eigenvalue weighted by Gasteiger charge is 2.28. The summed E-state index contributed by atoms with van der Waals surface area (Å²) >= 11 is 1.64. The van der Waals surface area contributed by atoms with Crippen LogP contribution in [0.2, 0.25) is 27.3 Å². The molecule has 0 aromatic heterocycles. The second-order valence-corrected chi connectivity index (χ2v) is 12.3. The summed E-state index contributed by atoms with van der Waals surface area (Å²) in [5.41, 5.74) is 6.59. The maximum absolute atomic E-state index is 11.2. The van der Waals surface area contributed by atoms with Crippen LogP contribution in [0.25, 0.3) is 0 Å². The minimum Gasteiger partial charge on any atom is -0.433 e. The first-order chi connectivity index (χ1) is 22.5. The van der Waals surface area contributed by atoms with Crippen LogP contribution in [0.4, 0.5) is 0 Å². The van der Waals surface area contributed by atoms with Gasteiger partial charge in [0.05, 0.1) is 5.84 Å². The molecule has 0 saturated carbocycles. The molecule has 13 nitrogen and oxygen atoms in total. The van der Waals surface area contributed by atoms with Crippen molar-refractivity contribution in [1.82, 2.24) is 14.8 Å². The quantitative estimate of drug-likeness (QED) is 0.0230. The largest absolute Gasteiger partial charge is 0.433 e. The summed E-state index contributed by atoms with van der Waals surface area (Å²) < 4.78 is 0. The van der Waals surface area contributed by atoms with Gasteiger partial charge in [0, 0.05) is 30.0 Å². The van der Waals surface area contributed by atoms with Gasteiger partial charge in [-0.25, -0.2) is 0 Å². The second-order valence-electron chi connectivity index (χ2n) is 11.1. The van der Waals surface area contributed by atoms with Gasteiger partial charge in [0.25, 0.3) is 0 Å². The smallest absolute Gasteiger partial charge is 0.429 e. The van der Waals surface area contributed by atoms with Crippen molar-refractivity contribution in [2.45, 2.75) is 90.0 Å². The molecule has 2 radical (unpaired) electrons. The van der Waals surface area contributed by atoms with Crippen LogP contribution < -0.4 is 11.0 Å². The highest BCUT2D eigenvalue weighted by molar-refractivity contribution is 7.99. The predicted molar refractivity (Wildman–Crippen MR) is 201 cm³/mol. The number of unbranched alkanes of at least 4 members (excludes halogenated alkanes) is 6. The fourth-order valence-corrected chi connectivity index (χ4v) is 5.59. The Morgan fingerprint density at radius 3 is 1.89 bits per heavy atom. The van der Waals surface area contributed by atoms with Crippen LogP contribution in [-0.4, -0.2) is 122 Å². The van der Waals surface area contributed by atoms with E-state index in [0.717, 1.165) is 76.0 Å². The topological polar surface area (TPSA) is 197 Å². The molecular weight excluding hydrogens is 615 g/mol. The Balaban J connectivity index is 2.62. The molecular formula is C27H49B6N7O6S. The Bertz CT molecular complexity index is 1120. The number of benzene rings is 1. The molecule has 0 spiro atoms. The van der Waals surface area contributed by atoms with E-state index in [2.05, 4.69) is 19.9 Å². The van der Waals surface area contributed by atoms with Gasteiger partial charge < -0.3 is 60.1 Å². The number of hydrogen-bond acceptors (Lipinski definition) is 10. The van der Waals surface area contributed by atoms with Crippen molar-refractivity contribution >= 4 is 84.8 Å². The first-order valence-corrected chi connectivity index (χ1v) is 17.3. The molecule has 1 aromatic carbocycles. The monoisotopic (exact) mass is 665 g/mol. The molecule has 0 bridgehead atoms. The third kappa shape index (κ3) is 19.1. The first-order valence-electron chi connectivity index (χ1n) is 16.3. The van der Waals surface area contributed by atoms with Gasteiger partial charge in [-0.15, -0.1) is 11.8 Å². The van der Waals surface area contributed by atoms with E-state index in [-0.39, 0.29) is 5.84 Å². The van der Waals surface area contributed by atoms with E-state index in [1.54, 1.807) is 48.7 Å². The number of nitrogens with two attached hydrogens (primary N) is 1.